The third-order valence-corrected chi connectivity index (χ3v) is 6.13. The molecule has 1 aromatic heterocycles. The highest BCUT2D eigenvalue weighted by Crippen LogP contribution is 2.39. The molecule has 0 fully saturated rings. The highest BCUT2D eigenvalue weighted by Gasteiger charge is 2.14. The van der Waals surface area contributed by atoms with Crippen LogP contribution in [0.3, 0.4) is 0 Å². The summed E-state index contributed by atoms with van der Waals surface area (Å²) in [6, 6.07) is 18.4. The van der Waals surface area contributed by atoms with Gasteiger partial charge in [-0.05, 0) is 73.9 Å². The highest BCUT2D eigenvalue weighted by atomic mass is 127. The maximum absolute atomic E-state index is 6.26. The SMILES string of the molecule is Clc1c(Br)cc(-c2cccc3oc4ccccc4c23)cc1I. The van der Waals surface area contributed by atoms with Crippen LogP contribution in [0.5, 0.6) is 0 Å². The number of fused-ring (bicyclic) bond motifs is 3. The summed E-state index contributed by atoms with van der Waals surface area (Å²) in [6.45, 7) is 0. The van der Waals surface area contributed by atoms with E-state index in [2.05, 4.69) is 62.8 Å². The van der Waals surface area contributed by atoms with Crippen molar-refractivity contribution in [3.63, 3.8) is 0 Å². The maximum atomic E-state index is 6.26. The van der Waals surface area contributed by atoms with Crippen LogP contribution in [0, 0.1) is 3.57 Å². The van der Waals surface area contributed by atoms with Crippen molar-refractivity contribution in [3.05, 3.63) is 67.7 Å². The number of hydrogen-bond acceptors (Lipinski definition) is 1. The first kappa shape index (κ1) is 14.5. The first-order chi connectivity index (χ1) is 10.6. The molecule has 3 aromatic carbocycles. The Kier molecular flexibility index (Phi) is 3.67. The van der Waals surface area contributed by atoms with Gasteiger partial charge < -0.3 is 4.42 Å². The van der Waals surface area contributed by atoms with Gasteiger partial charge in [0.2, 0.25) is 0 Å². The quantitative estimate of drug-likeness (QED) is 0.205. The van der Waals surface area contributed by atoms with Crippen LogP contribution in [0.4, 0.5) is 0 Å². The van der Waals surface area contributed by atoms with Crippen LogP contribution in [0.15, 0.2) is 63.5 Å². The molecule has 1 nitrogen and oxygen atoms in total. The Morgan fingerprint density at radius 2 is 1.73 bits per heavy atom. The molecule has 0 aliphatic rings. The third-order valence-electron chi connectivity index (χ3n) is 3.70. The summed E-state index contributed by atoms with van der Waals surface area (Å²) in [4.78, 5) is 0. The number of para-hydroxylation sites is 1. The molecule has 108 valence electrons. The van der Waals surface area contributed by atoms with Crippen molar-refractivity contribution in [1.29, 1.82) is 0 Å². The summed E-state index contributed by atoms with van der Waals surface area (Å²) in [7, 11) is 0. The fourth-order valence-corrected chi connectivity index (χ4v) is 4.29. The highest BCUT2D eigenvalue weighted by molar-refractivity contribution is 14.1. The molecule has 0 spiro atoms. The molecule has 0 amide bonds. The van der Waals surface area contributed by atoms with Gasteiger partial charge in [-0.25, -0.2) is 0 Å². The predicted octanol–water partition coefficient (Wildman–Crippen LogP) is 7.27. The van der Waals surface area contributed by atoms with Crippen LogP contribution in [0.25, 0.3) is 33.1 Å². The lowest BCUT2D eigenvalue weighted by molar-refractivity contribution is 0.669. The molecule has 22 heavy (non-hydrogen) atoms. The van der Waals surface area contributed by atoms with Crippen LogP contribution in [-0.4, -0.2) is 0 Å². The van der Waals surface area contributed by atoms with Crippen LogP contribution in [0.2, 0.25) is 5.02 Å². The van der Waals surface area contributed by atoms with Gasteiger partial charge in [0.15, 0.2) is 0 Å². The van der Waals surface area contributed by atoms with Gasteiger partial charge in [-0.3, -0.25) is 0 Å². The van der Waals surface area contributed by atoms with Crippen molar-refractivity contribution in [2.45, 2.75) is 0 Å². The van der Waals surface area contributed by atoms with E-state index in [0.29, 0.717) is 0 Å². The van der Waals surface area contributed by atoms with Crippen molar-refractivity contribution < 1.29 is 4.42 Å². The smallest absolute Gasteiger partial charge is 0.136 e. The average molecular weight is 484 g/mol. The second-order valence-electron chi connectivity index (χ2n) is 5.03. The fourth-order valence-electron chi connectivity index (χ4n) is 2.73. The summed E-state index contributed by atoms with van der Waals surface area (Å²) in [6.07, 6.45) is 0. The van der Waals surface area contributed by atoms with E-state index in [4.69, 9.17) is 16.0 Å². The standard InChI is InChI=1S/C18H9BrClIO/c19-13-8-10(9-14(21)18(13)20)11-5-3-7-16-17(11)12-4-1-2-6-15(12)22-16/h1-9H. The molecule has 4 heteroatoms. The number of furan rings is 1. The van der Waals surface area contributed by atoms with E-state index < -0.39 is 0 Å². The van der Waals surface area contributed by atoms with Gasteiger partial charge in [0, 0.05) is 18.8 Å². The molecule has 4 aromatic rings. The Balaban J connectivity index is 2.11. The summed E-state index contributed by atoms with van der Waals surface area (Å²) in [5, 5.41) is 3.02. The van der Waals surface area contributed by atoms with Gasteiger partial charge in [0.05, 0.1) is 5.02 Å². The molecule has 0 bridgehead atoms. The van der Waals surface area contributed by atoms with E-state index in [1.165, 1.54) is 0 Å². The molecule has 0 N–H and O–H groups in total. The van der Waals surface area contributed by atoms with Gasteiger partial charge in [-0.15, -0.1) is 0 Å². The molecule has 0 saturated carbocycles. The molecule has 0 aliphatic carbocycles. The first-order valence-electron chi connectivity index (χ1n) is 6.70. The molecule has 0 unspecified atom stereocenters. The van der Waals surface area contributed by atoms with Crippen LogP contribution < -0.4 is 0 Å². The Morgan fingerprint density at radius 1 is 0.955 bits per heavy atom. The Hall–Kier alpha value is -1.04. The summed E-state index contributed by atoms with van der Waals surface area (Å²) < 4.78 is 7.88. The normalized spacial score (nSPS) is 11.4. The zero-order valence-electron chi connectivity index (χ0n) is 11.2. The lowest BCUT2D eigenvalue weighted by atomic mass is 9.99. The zero-order valence-corrected chi connectivity index (χ0v) is 15.7. The monoisotopic (exact) mass is 482 g/mol. The molecule has 0 radical (unpaired) electrons. The van der Waals surface area contributed by atoms with E-state index in [1.807, 2.05) is 30.3 Å². The molecule has 0 aliphatic heterocycles. The number of rotatable bonds is 1. The van der Waals surface area contributed by atoms with Gasteiger partial charge in [-0.2, -0.15) is 0 Å². The Labute approximate surface area is 154 Å². The summed E-state index contributed by atoms with van der Waals surface area (Å²) in [5.74, 6) is 0. The van der Waals surface area contributed by atoms with E-state index in [9.17, 15) is 0 Å². The molecule has 0 atom stereocenters. The van der Waals surface area contributed by atoms with E-state index in [1.54, 1.807) is 0 Å². The van der Waals surface area contributed by atoms with Crippen LogP contribution >= 0.6 is 50.1 Å². The number of halogens is 3. The first-order valence-corrected chi connectivity index (χ1v) is 8.95. The van der Waals surface area contributed by atoms with E-state index >= 15 is 0 Å². The molecule has 0 saturated heterocycles. The van der Waals surface area contributed by atoms with Gasteiger partial charge in [0.1, 0.15) is 11.2 Å². The lowest BCUT2D eigenvalue weighted by Crippen LogP contribution is -1.84. The number of benzene rings is 3. The Morgan fingerprint density at radius 3 is 2.55 bits per heavy atom. The third kappa shape index (κ3) is 2.27. The van der Waals surface area contributed by atoms with Crippen molar-refractivity contribution in [2.24, 2.45) is 0 Å². The van der Waals surface area contributed by atoms with Crippen molar-refractivity contribution in [2.75, 3.05) is 0 Å². The van der Waals surface area contributed by atoms with E-state index in [0.717, 1.165) is 46.1 Å². The summed E-state index contributed by atoms with van der Waals surface area (Å²) in [5.41, 5.74) is 4.09. The minimum atomic E-state index is 0.744. The van der Waals surface area contributed by atoms with Gasteiger partial charge in [0.25, 0.3) is 0 Å². The second-order valence-corrected chi connectivity index (χ2v) is 7.43. The van der Waals surface area contributed by atoms with Crippen molar-refractivity contribution in [3.8, 4) is 11.1 Å². The molecule has 1 heterocycles. The molecular weight excluding hydrogens is 474 g/mol. The largest absolute Gasteiger partial charge is 0.456 e. The lowest BCUT2D eigenvalue weighted by Gasteiger charge is -2.07. The minimum absolute atomic E-state index is 0.744. The minimum Gasteiger partial charge on any atom is -0.456 e. The zero-order chi connectivity index (χ0) is 15.3. The van der Waals surface area contributed by atoms with Gasteiger partial charge >= 0.3 is 0 Å². The predicted molar refractivity (Wildman–Crippen MR) is 105 cm³/mol. The number of hydrogen-bond donors (Lipinski definition) is 0. The molecular formula is C18H9BrClIO. The Bertz CT molecular complexity index is 999. The topological polar surface area (TPSA) is 13.1 Å². The second kappa shape index (κ2) is 5.55. The van der Waals surface area contributed by atoms with Gasteiger partial charge in [-0.1, -0.05) is 41.9 Å². The van der Waals surface area contributed by atoms with Crippen LogP contribution in [0.1, 0.15) is 0 Å². The summed E-state index contributed by atoms with van der Waals surface area (Å²) >= 11 is 12.1. The fraction of sp³-hybridized carbons (Fsp3) is 0. The van der Waals surface area contributed by atoms with Crippen molar-refractivity contribution >= 4 is 72.1 Å². The maximum Gasteiger partial charge on any atom is 0.136 e. The average Bonchev–Trinajstić information content (AvgIpc) is 2.90. The van der Waals surface area contributed by atoms with Crippen molar-refractivity contribution in [1.82, 2.24) is 0 Å². The van der Waals surface area contributed by atoms with Crippen LogP contribution in [-0.2, 0) is 0 Å². The molecule has 4 rings (SSSR count). The van der Waals surface area contributed by atoms with E-state index in [-0.39, 0.29) is 0 Å².